The lowest BCUT2D eigenvalue weighted by molar-refractivity contribution is 0.0534. The first-order chi connectivity index (χ1) is 6.60. The molecule has 0 aromatic carbocycles. The van der Waals surface area contributed by atoms with E-state index in [-0.39, 0.29) is 6.54 Å². The molecule has 0 heterocycles. The molecule has 0 fully saturated rings. The van der Waals surface area contributed by atoms with Crippen LogP contribution >= 0.6 is 0 Å². The predicted octanol–water partition coefficient (Wildman–Crippen LogP) is 1.07. The summed E-state index contributed by atoms with van der Waals surface area (Å²) in [5.41, 5.74) is -0.551. The highest BCUT2D eigenvalue weighted by atomic mass is 32.2. The lowest BCUT2D eigenvalue weighted by atomic mass is 10.2. The van der Waals surface area contributed by atoms with Gasteiger partial charge in [0.05, 0.1) is 0 Å². The fraction of sp³-hybridized carbons (Fsp3) is 0.667. The fourth-order valence-electron chi connectivity index (χ4n) is 0.679. The van der Waals surface area contributed by atoms with Gasteiger partial charge < -0.3 is 10.1 Å². The van der Waals surface area contributed by atoms with Crippen LogP contribution in [0.25, 0.3) is 0 Å². The van der Waals surface area contributed by atoms with Crippen molar-refractivity contribution in [1.82, 2.24) is 5.32 Å². The van der Waals surface area contributed by atoms with Crippen LogP contribution in [0.4, 0.5) is 4.79 Å². The number of rotatable bonds is 3. The van der Waals surface area contributed by atoms with Gasteiger partial charge in [-0.1, -0.05) is 6.08 Å². The number of carbonyl (C=O) groups is 1. The summed E-state index contributed by atoms with van der Waals surface area (Å²) in [6, 6.07) is 0. The van der Waals surface area contributed by atoms with Gasteiger partial charge in [-0.05, 0) is 20.8 Å². The molecule has 88 valence electrons. The van der Waals surface area contributed by atoms with E-state index in [2.05, 4.69) is 5.32 Å². The molecule has 0 atom stereocenters. The Morgan fingerprint density at radius 1 is 1.40 bits per heavy atom. The lowest BCUT2D eigenvalue weighted by Gasteiger charge is -2.19. The maximum atomic E-state index is 11.1. The number of carbonyl (C=O) groups excluding carboxylic acids is 1. The van der Waals surface area contributed by atoms with Crippen LogP contribution in [0.2, 0.25) is 0 Å². The molecule has 0 aliphatic heterocycles. The van der Waals surface area contributed by atoms with Crippen LogP contribution in [0.5, 0.6) is 0 Å². The Bertz CT molecular complexity index is 338. The first kappa shape index (κ1) is 14.0. The van der Waals surface area contributed by atoms with Crippen LogP contribution in [-0.4, -0.2) is 32.9 Å². The highest BCUT2D eigenvalue weighted by Crippen LogP contribution is 2.06. The van der Waals surface area contributed by atoms with Crippen molar-refractivity contribution in [2.75, 3.05) is 12.8 Å². The summed E-state index contributed by atoms with van der Waals surface area (Å²) in [4.78, 5) is 11.1. The van der Waals surface area contributed by atoms with Gasteiger partial charge in [0, 0.05) is 18.2 Å². The Labute approximate surface area is 90.4 Å². The molecule has 15 heavy (non-hydrogen) atoms. The van der Waals surface area contributed by atoms with Gasteiger partial charge in [0.15, 0.2) is 9.84 Å². The number of hydrogen-bond acceptors (Lipinski definition) is 4. The minimum Gasteiger partial charge on any atom is -0.444 e. The largest absolute Gasteiger partial charge is 0.444 e. The second-order valence-electron chi connectivity index (χ2n) is 4.08. The molecule has 5 nitrogen and oxygen atoms in total. The van der Waals surface area contributed by atoms with Crippen molar-refractivity contribution < 1.29 is 17.9 Å². The van der Waals surface area contributed by atoms with Crippen molar-refractivity contribution in [3.05, 3.63) is 11.5 Å². The average molecular weight is 235 g/mol. The summed E-state index contributed by atoms with van der Waals surface area (Å²) in [5.74, 6) is 0. The predicted molar refractivity (Wildman–Crippen MR) is 58.2 cm³/mol. The second-order valence-corrected chi connectivity index (χ2v) is 6.02. The minimum atomic E-state index is -3.13. The fourth-order valence-corrected chi connectivity index (χ4v) is 1.13. The summed E-state index contributed by atoms with van der Waals surface area (Å²) >= 11 is 0. The van der Waals surface area contributed by atoms with Crippen LogP contribution in [0, 0.1) is 0 Å². The molecule has 0 bridgehead atoms. The third kappa shape index (κ3) is 10.9. The molecule has 6 heteroatoms. The molecular formula is C9H17NO4S. The molecule has 0 spiro atoms. The number of hydrogen-bond donors (Lipinski definition) is 1. The molecule has 0 aliphatic rings. The van der Waals surface area contributed by atoms with Gasteiger partial charge in [-0.25, -0.2) is 13.2 Å². The first-order valence-corrected chi connectivity index (χ1v) is 6.39. The summed E-state index contributed by atoms with van der Waals surface area (Å²) in [6.45, 7) is 5.37. The van der Waals surface area contributed by atoms with E-state index in [1.165, 1.54) is 6.08 Å². The van der Waals surface area contributed by atoms with Gasteiger partial charge in [-0.3, -0.25) is 0 Å². The molecule has 0 radical (unpaired) electrons. The number of amides is 1. The zero-order valence-electron chi connectivity index (χ0n) is 9.40. The Morgan fingerprint density at radius 2 is 1.93 bits per heavy atom. The molecule has 1 N–H and O–H groups in total. The van der Waals surface area contributed by atoms with Gasteiger partial charge in [0.1, 0.15) is 5.60 Å². The summed E-state index contributed by atoms with van der Waals surface area (Å²) in [6.07, 6.45) is 1.86. The van der Waals surface area contributed by atoms with Gasteiger partial charge >= 0.3 is 6.09 Å². The van der Waals surface area contributed by atoms with E-state index in [9.17, 15) is 13.2 Å². The Balaban J connectivity index is 3.89. The average Bonchev–Trinajstić information content (AvgIpc) is 1.92. The maximum absolute atomic E-state index is 11.1. The van der Waals surface area contributed by atoms with E-state index in [1.807, 2.05) is 0 Å². The third-order valence-corrected chi connectivity index (χ3v) is 1.79. The molecule has 0 saturated heterocycles. The zero-order valence-corrected chi connectivity index (χ0v) is 10.2. The molecule has 0 aromatic heterocycles. The Hall–Kier alpha value is -1.04. The van der Waals surface area contributed by atoms with E-state index >= 15 is 0 Å². The molecule has 0 unspecified atom stereocenters. The third-order valence-electron chi connectivity index (χ3n) is 1.11. The van der Waals surface area contributed by atoms with Crippen molar-refractivity contribution >= 4 is 15.9 Å². The first-order valence-electron chi connectivity index (χ1n) is 4.43. The van der Waals surface area contributed by atoms with Crippen molar-refractivity contribution in [2.24, 2.45) is 0 Å². The molecule has 0 aliphatic carbocycles. The van der Waals surface area contributed by atoms with E-state index in [0.29, 0.717) is 0 Å². The summed E-state index contributed by atoms with van der Waals surface area (Å²) in [7, 11) is -3.13. The van der Waals surface area contributed by atoms with E-state index in [4.69, 9.17) is 4.74 Å². The summed E-state index contributed by atoms with van der Waals surface area (Å²) in [5, 5.41) is 3.43. The van der Waals surface area contributed by atoms with Crippen LogP contribution < -0.4 is 5.32 Å². The standard InChI is InChI=1S/C9H17NO4S/c1-9(2,3)14-8(11)10-6-5-7-15(4,12)13/h5,7H,6H2,1-4H3,(H,10,11)/b7-5+. The van der Waals surface area contributed by atoms with Crippen molar-refractivity contribution in [3.63, 3.8) is 0 Å². The number of nitrogens with one attached hydrogen (secondary N) is 1. The number of sulfone groups is 1. The lowest BCUT2D eigenvalue weighted by Crippen LogP contribution is -2.32. The highest BCUT2D eigenvalue weighted by molar-refractivity contribution is 7.93. The van der Waals surface area contributed by atoms with Gasteiger partial charge in [-0.2, -0.15) is 0 Å². The zero-order chi connectivity index (χ0) is 12.1. The monoisotopic (exact) mass is 235 g/mol. The van der Waals surface area contributed by atoms with Gasteiger partial charge in [-0.15, -0.1) is 0 Å². The molecule has 0 aromatic rings. The topological polar surface area (TPSA) is 72.5 Å². The molecule has 0 saturated carbocycles. The van der Waals surface area contributed by atoms with Crippen LogP contribution in [0.3, 0.4) is 0 Å². The quantitative estimate of drug-likeness (QED) is 0.794. The number of alkyl carbamates (subject to hydrolysis) is 1. The maximum Gasteiger partial charge on any atom is 0.407 e. The molecule has 0 rings (SSSR count). The summed E-state index contributed by atoms with van der Waals surface area (Å²) < 4.78 is 26.3. The van der Waals surface area contributed by atoms with Crippen molar-refractivity contribution in [1.29, 1.82) is 0 Å². The van der Waals surface area contributed by atoms with E-state index in [0.717, 1.165) is 11.7 Å². The van der Waals surface area contributed by atoms with Gasteiger partial charge in [0.25, 0.3) is 0 Å². The van der Waals surface area contributed by atoms with E-state index < -0.39 is 21.5 Å². The van der Waals surface area contributed by atoms with Crippen LogP contribution in [0.1, 0.15) is 20.8 Å². The second kappa shape index (κ2) is 5.16. The molecular weight excluding hydrogens is 218 g/mol. The number of ether oxygens (including phenoxy) is 1. The Morgan fingerprint density at radius 3 is 2.33 bits per heavy atom. The van der Waals surface area contributed by atoms with Gasteiger partial charge in [0.2, 0.25) is 0 Å². The van der Waals surface area contributed by atoms with Crippen molar-refractivity contribution in [2.45, 2.75) is 26.4 Å². The highest BCUT2D eigenvalue weighted by Gasteiger charge is 2.14. The SMILES string of the molecule is CC(C)(C)OC(=O)NC/C=C/S(C)(=O)=O. The normalized spacial score (nSPS) is 12.8. The smallest absolute Gasteiger partial charge is 0.407 e. The molecule has 1 amide bonds. The van der Waals surface area contributed by atoms with Crippen LogP contribution in [-0.2, 0) is 14.6 Å². The van der Waals surface area contributed by atoms with Crippen LogP contribution in [0.15, 0.2) is 11.5 Å². The minimum absolute atomic E-state index is 0.127. The Kier molecular flexibility index (Phi) is 4.80. The van der Waals surface area contributed by atoms with Crippen molar-refractivity contribution in [3.8, 4) is 0 Å². The van der Waals surface area contributed by atoms with E-state index in [1.54, 1.807) is 20.8 Å².